The summed E-state index contributed by atoms with van der Waals surface area (Å²) < 4.78 is 1.77. The summed E-state index contributed by atoms with van der Waals surface area (Å²) in [5, 5.41) is 18.2. The average molecular weight is 431 g/mol. The van der Waals surface area contributed by atoms with E-state index in [1.165, 1.54) is 18.3 Å². The zero-order valence-corrected chi connectivity index (χ0v) is 18.8. The number of carbonyl (C=O) groups is 2. The second kappa shape index (κ2) is 9.22. The van der Waals surface area contributed by atoms with Crippen molar-refractivity contribution >= 4 is 23.0 Å². The second-order valence-corrected chi connectivity index (χ2v) is 9.67. The van der Waals surface area contributed by atoms with Gasteiger partial charge in [-0.2, -0.15) is 5.10 Å². The number of Topliss-reactive ketones (excluding diaryl/α,β-unsaturated/α-hetero) is 1. The number of carbonyl (C=O) groups excluding carboxylic acids is 2. The molecule has 0 saturated heterocycles. The van der Waals surface area contributed by atoms with Crippen LogP contribution in [0.25, 0.3) is 10.6 Å². The third kappa shape index (κ3) is 5.86. The predicted octanol–water partition coefficient (Wildman–Crippen LogP) is 2.84. The van der Waals surface area contributed by atoms with Crippen LogP contribution in [0, 0.1) is 0 Å². The molecule has 1 aliphatic carbocycles. The Balaban J connectivity index is 1.74. The maximum absolute atomic E-state index is 12.5. The minimum atomic E-state index is -0.590. The standard InChI is InChI=1S/C22H30N4O3S/c1-14(27)13-22(2,3)24-19(29)15-8-10-16(11-9-15)20-25-26(4)21(30-20)23-17-6-5-7-18(28)12-17/h8-11,17-18,28H,5-7,12-13H2,1-4H3,(H,24,29)/t17?,18-/m1/s1. The van der Waals surface area contributed by atoms with Crippen molar-refractivity contribution in [3.63, 3.8) is 0 Å². The Kier molecular flexibility index (Phi) is 6.88. The maximum atomic E-state index is 12.5. The topological polar surface area (TPSA) is 96.6 Å². The Hall–Kier alpha value is -2.32. The van der Waals surface area contributed by atoms with E-state index in [-0.39, 0.29) is 30.3 Å². The molecule has 162 valence electrons. The molecule has 1 amide bonds. The first-order valence-corrected chi connectivity index (χ1v) is 11.1. The van der Waals surface area contributed by atoms with E-state index in [1.807, 2.05) is 33.0 Å². The van der Waals surface area contributed by atoms with E-state index in [2.05, 4.69) is 10.4 Å². The summed E-state index contributed by atoms with van der Waals surface area (Å²) in [6, 6.07) is 7.42. The number of aliphatic hydroxyl groups is 1. The SMILES string of the molecule is CC(=O)CC(C)(C)NC(=O)c1ccc(-c2nn(C)c(=NC3CCC[C@@H](O)C3)s2)cc1. The maximum Gasteiger partial charge on any atom is 0.251 e. The lowest BCUT2D eigenvalue weighted by molar-refractivity contribution is -0.118. The molecule has 7 nitrogen and oxygen atoms in total. The third-order valence-corrected chi connectivity index (χ3v) is 6.22. The van der Waals surface area contributed by atoms with Crippen molar-refractivity contribution in [2.45, 2.75) is 70.6 Å². The molecule has 1 unspecified atom stereocenters. The molecule has 0 spiro atoms. The van der Waals surface area contributed by atoms with Crippen LogP contribution in [0.15, 0.2) is 29.3 Å². The monoisotopic (exact) mass is 430 g/mol. The fraction of sp³-hybridized carbons (Fsp3) is 0.545. The smallest absolute Gasteiger partial charge is 0.251 e. The van der Waals surface area contributed by atoms with E-state index in [4.69, 9.17) is 4.99 Å². The van der Waals surface area contributed by atoms with Crippen molar-refractivity contribution in [3.05, 3.63) is 34.6 Å². The molecule has 1 aromatic carbocycles. The van der Waals surface area contributed by atoms with Gasteiger partial charge in [0.25, 0.3) is 5.91 Å². The number of aryl methyl sites for hydroxylation is 1. The Bertz CT molecular complexity index is 975. The summed E-state index contributed by atoms with van der Waals surface area (Å²) in [5.74, 6) is -0.166. The van der Waals surface area contributed by atoms with Gasteiger partial charge in [-0.1, -0.05) is 23.5 Å². The van der Waals surface area contributed by atoms with E-state index in [0.717, 1.165) is 34.6 Å². The highest BCUT2D eigenvalue weighted by molar-refractivity contribution is 7.12. The molecule has 0 radical (unpaired) electrons. The minimum Gasteiger partial charge on any atom is -0.393 e. The van der Waals surface area contributed by atoms with Crippen molar-refractivity contribution in [2.24, 2.45) is 12.0 Å². The van der Waals surface area contributed by atoms with Crippen molar-refractivity contribution in [2.75, 3.05) is 0 Å². The predicted molar refractivity (Wildman–Crippen MR) is 117 cm³/mol. The highest BCUT2D eigenvalue weighted by Crippen LogP contribution is 2.23. The van der Waals surface area contributed by atoms with Crippen LogP contribution in [0.5, 0.6) is 0 Å². The van der Waals surface area contributed by atoms with Gasteiger partial charge in [-0.3, -0.25) is 14.6 Å². The second-order valence-electron chi connectivity index (χ2n) is 8.71. The molecule has 1 aliphatic rings. The van der Waals surface area contributed by atoms with Crippen LogP contribution in [0.3, 0.4) is 0 Å². The number of nitrogens with zero attached hydrogens (tertiary/aromatic N) is 3. The molecule has 0 aliphatic heterocycles. The van der Waals surface area contributed by atoms with E-state index in [0.29, 0.717) is 12.0 Å². The fourth-order valence-electron chi connectivity index (χ4n) is 3.80. The lowest BCUT2D eigenvalue weighted by atomic mass is 9.94. The fourth-order valence-corrected chi connectivity index (χ4v) is 4.77. The summed E-state index contributed by atoms with van der Waals surface area (Å²) >= 11 is 1.50. The van der Waals surface area contributed by atoms with Crippen LogP contribution in [0.2, 0.25) is 0 Å². The normalized spacial score (nSPS) is 20.2. The number of benzene rings is 1. The average Bonchev–Trinajstić information content (AvgIpc) is 3.01. The molecule has 2 aromatic rings. The molecule has 2 N–H and O–H groups in total. The van der Waals surface area contributed by atoms with Gasteiger partial charge in [-0.25, -0.2) is 4.68 Å². The summed E-state index contributed by atoms with van der Waals surface area (Å²) in [6.07, 6.45) is 3.58. The van der Waals surface area contributed by atoms with E-state index >= 15 is 0 Å². The summed E-state index contributed by atoms with van der Waals surface area (Å²) in [6.45, 7) is 5.20. The quantitative estimate of drug-likeness (QED) is 0.736. The molecule has 30 heavy (non-hydrogen) atoms. The highest BCUT2D eigenvalue weighted by atomic mass is 32.1. The van der Waals surface area contributed by atoms with E-state index < -0.39 is 5.54 Å². The lowest BCUT2D eigenvalue weighted by Gasteiger charge is -2.25. The molecular formula is C22H30N4O3S. The van der Waals surface area contributed by atoms with Crippen molar-refractivity contribution in [1.29, 1.82) is 0 Å². The Labute approximate surface area is 180 Å². The van der Waals surface area contributed by atoms with Crippen LogP contribution in [0.1, 0.15) is 63.2 Å². The van der Waals surface area contributed by atoms with Crippen LogP contribution in [0.4, 0.5) is 0 Å². The molecule has 2 atom stereocenters. The zero-order chi connectivity index (χ0) is 21.9. The first kappa shape index (κ1) is 22.4. The van der Waals surface area contributed by atoms with Crippen LogP contribution >= 0.6 is 11.3 Å². The van der Waals surface area contributed by atoms with E-state index in [9.17, 15) is 14.7 Å². The summed E-state index contributed by atoms with van der Waals surface area (Å²) in [5.41, 5.74) is 0.867. The number of aliphatic hydroxyl groups excluding tert-OH is 1. The molecular weight excluding hydrogens is 400 g/mol. The van der Waals surface area contributed by atoms with Gasteiger partial charge in [-0.05, 0) is 58.6 Å². The van der Waals surface area contributed by atoms with Crippen molar-refractivity contribution in [1.82, 2.24) is 15.1 Å². The largest absolute Gasteiger partial charge is 0.393 e. The third-order valence-electron chi connectivity index (χ3n) is 5.15. The number of nitrogens with one attached hydrogen (secondary N) is 1. The van der Waals surface area contributed by atoms with Crippen molar-refractivity contribution in [3.8, 4) is 10.6 Å². The van der Waals surface area contributed by atoms with Gasteiger partial charge in [0, 0.05) is 30.1 Å². The molecule has 1 aromatic heterocycles. The van der Waals surface area contributed by atoms with Crippen LogP contribution in [-0.4, -0.2) is 44.3 Å². The zero-order valence-electron chi connectivity index (χ0n) is 18.0. The van der Waals surface area contributed by atoms with Gasteiger partial charge in [0.15, 0.2) is 0 Å². The van der Waals surface area contributed by atoms with Gasteiger partial charge in [0.1, 0.15) is 10.8 Å². The van der Waals surface area contributed by atoms with Gasteiger partial charge in [0.2, 0.25) is 4.80 Å². The summed E-state index contributed by atoms with van der Waals surface area (Å²) in [4.78, 5) is 29.5. The van der Waals surface area contributed by atoms with Crippen LogP contribution in [-0.2, 0) is 11.8 Å². The summed E-state index contributed by atoms with van der Waals surface area (Å²) in [7, 11) is 1.87. The lowest BCUT2D eigenvalue weighted by Crippen LogP contribution is -2.44. The number of amides is 1. The highest BCUT2D eigenvalue weighted by Gasteiger charge is 2.23. The number of hydrogen-bond acceptors (Lipinski definition) is 6. The number of aromatic nitrogens is 2. The molecule has 1 saturated carbocycles. The van der Waals surface area contributed by atoms with Crippen molar-refractivity contribution < 1.29 is 14.7 Å². The Morgan fingerprint density at radius 2 is 2.00 bits per heavy atom. The molecule has 8 heteroatoms. The molecule has 3 rings (SSSR count). The number of rotatable bonds is 6. The first-order chi connectivity index (χ1) is 14.1. The van der Waals surface area contributed by atoms with Gasteiger partial charge in [0.05, 0.1) is 12.1 Å². The van der Waals surface area contributed by atoms with Gasteiger partial charge < -0.3 is 10.4 Å². The van der Waals surface area contributed by atoms with Gasteiger partial charge >= 0.3 is 0 Å². The Morgan fingerprint density at radius 1 is 1.30 bits per heavy atom. The molecule has 0 bridgehead atoms. The first-order valence-electron chi connectivity index (χ1n) is 10.3. The van der Waals surface area contributed by atoms with E-state index in [1.54, 1.807) is 16.8 Å². The Morgan fingerprint density at radius 3 is 2.63 bits per heavy atom. The molecule has 1 fully saturated rings. The van der Waals surface area contributed by atoms with Gasteiger partial charge in [-0.15, -0.1) is 0 Å². The minimum absolute atomic E-state index is 0.0382. The van der Waals surface area contributed by atoms with Crippen LogP contribution < -0.4 is 10.1 Å². The number of hydrogen-bond donors (Lipinski definition) is 2. The number of ketones is 1. The molecule has 1 heterocycles.